The van der Waals surface area contributed by atoms with Crippen molar-refractivity contribution in [3.8, 4) is 22.3 Å². The highest BCUT2D eigenvalue weighted by Gasteiger charge is 2.24. The zero-order valence-electron chi connectivity index (χ0n) is 31.3. The van der Waals surface area contributed by atoms with E-state index >= 15 is 0 Å². The maximum Gasteiger partial charge on any atom is 0.137 e. The van der Waals surface area contributed by atoms with Gasteiger partial charge in [-0.2, -0.15) is 0 Å². The lowest BCUT2D eigenvalue weighted by molar-refractivity contribution is 0.619. The highest BCUT2D eigenvalue weighted by Crippen LogP contribution is 2.48. The maximum atomic E-state index is 6.57. The zero-order valence-corrected chi connectivity index (χ0v) is 31.3. The first-order valence-corrected chi connectivity index (χ1v) is 20.0. The lowest BCUT2D eigenvalue weighted by atomic mass is 9.82. The van der Waals surface area contributed by atoms with E-state index in [2.05, 4.69) is 181 Å². The lowest BCUT2D eigenvalue weighted by Gasteiger charge is -2.29. The van der Waals surface area contributed by atoms with E-state index in [1.54, 1.807) is 0 Å². The lowest BCUT2D eigenvalue weighted by Crippen LogP contribution is -2.33. The molecule has 0 fully saturated rings. The Bertz CT molecular complexity index is 3400. The monoisotopic (exact) mass is 731 g/mol. The van der Waals surface area contributed by atoms with Gasteiger partial charge in [-0.05, 0) is 129 Å². The second-order valence-corrected chi connectivity index (χ2v) is 15.5. The molecule has 57 heavy (non-hydrogen) atoms. The minimum Gasteiger partial charge on any atom is -0.456 e. The van der Waals surface area contributed by atoms with Crippen LogP contribution in [0.4, 0.5) is 17.1 Å². The number of para-hydroxylation sites is 2. The molecule has 0 bridgehead atoms. The van der Waals surface area contributed by atoms with Crippen molar-refractivity contribution in [1.82, 2.24) is 0 Å². The number of fused-ring (bicyclic) bond motifs is 9. The summed E-state index contributed by atoms with van der Waals surface area (Å²) in [5, 5.41) is 9.51. The second kappa shape index (κ2) is 12.7. The Labute approximate surface area is 329 Å². The zero-order chi connectivity index (χ0) is 37.5. The van der Waals surface area contributed by atoms with Crippen LogP contribution in [-0.2, 0) is 0 Å². The Morgan fingerprint density at radius 2 is 1.21 bits per heavy atom. The fourth-order valence-corrected chi connectivity index (χ4v) is 9.58. The molecule has 8 aromatic carbocycles. The molecule has 0 spiro atoms. The predicted molar refractivity (Wildman–Crippen MR) is 238 cm³/mol. The van der Waals surface area contributed by atoms with Crippen LogP contribution in [0.2, 0.25) is 0 Å². The average Bonchev–Trinajstić information content (AvgIpc) is 3.84. The van der Waals surface area contributed by atoms with Gasteiger partial charge < -0.3 is 13.7 Å². The van der Waals surface area contributed by atoms with Gasteiger partial charge in [0.2, 0.25) is 0 Å². The first-order chi connectivity index (χ1) is 28.2. The SMILES string of the molecule is C1=CC2=c3ccc(-c4ccc(N(c5ccccc5-c5cccc6oc7cc8ccccc8cc7c56)c5cccc6oc7ccccc7c56)cc4)cc3=CCC2CC1. The molecule has 2 heterocycles. The van der Waals surface area contributed by atoms with E-state index in [1.807, 2.05) is 6.07 Å². The summed E-state index contributed by atoms with van der Waals surface area (Å²) < 4.78 is 13.0. The summed E-state index contributed by atoms with van der Waals surface area (Å²) in [5.41, 5.74) is 12.9. The molecule has 3 heteroatoms. The minimum atomic E-state index is 0.650. The first kappa shape index (κ1) is 32.2. The molecule has 0 amide bonds. The van der Waals surface area contributed by atoms with Crippen LogP contribution in [0.1, 0.15) is 19.3 Å². The molecule has 1 atom stereocenters. The fraction of sp³-hybridized carbons (Fsp3) is 0.0741. The van der Waals surface area contributed by atoms with Crippen LogP contribution < -0.4 is 15.3 Å². The van der Waals surface area contributed by atoms with Crippen molar-refractivity contribution in [2.24, 2.45) is 5.92 Å². The van der Waals surface area contributed by atoms with Gasteiger partial charge in [0.15, 0.2) is 0 Å². The number of furan rings is 2. The highest BCUT2D eigenvalue weighted by atomic mass is 16.3. The number of allylic oxidation sites excluding steroid dienone is 2. The van der Waals surface area contributed by atoms with Crippen molar-refractivity contribution in [2.75, 3.05) is 4.90 Å². The van der Waals surface area contributed by atoms with Gasteiger partial charge in [0, 0.05) is 27.4 Å². The van der Waals surface area contributed by atoms with Crippen LogP contribution >= 0.6 is 0 Å². The molecule has 2 aliphatic carbocycles. The van der Waals surface area contributed by atoms with Crippen molar-refractivity contribution in [3.63, 3.8) is 0 Å². The topological polar surface area (TPSA) is 29.5 Å². The molecule has 0 N–H and O–H groups in total. The molecular weight excluding hydrogens is 695 g/mol. The van der Waals surface area contributed by atoms with E-state index in [4.69, 9.17) is 8.83 Å². The van der Waals surface area contributed by atoms with E-state index in [9.17, 15) is 0 Å². The smallest absolute Gasteiger partial charge is 0.137 e. The number of hydrogen-bond donors (Lipinski definition) is 0. The summed E-state index contributed by atoms with van der Waals surface area (Å²) in [7, 11) is 0. The average molecular weight is 732 g/mol. The molecule has 3 nitrogen and oxygen atoms in total. The highest BCUT2D eigenvalue weighted by molar-refractivity contribution is 6.18. The van der Waals surface area contributed by atoms with Crippen molar-refractivity contribution in [1.29, 1.82) is 0 Å². The summed E-state index contributed by atoms with van der Waals surface area (Å²) >= 11 is 0. The van der Waals surface area contributed by atoms with Gasteiger partial charge in [-0.3, -0.25) is 0 Å². The summed E-state index contributed by atoms with van der Waals surface area (Å²) in [4.78, 5) is 2.41. The molecule has 0 radical (unpaired) electrons. The van der Waals surface area contributed by atoms with Gasteiger partial charge in [-0.1, -0.05) is 121 Å². The van der Waals surface area contributed by atoms with Crippen LogP contribution in [0.3, 0.4) is 0 Å². The standard InChI is InChI=1S/C54H37NO2/c1-2-13-37-33-52-46(32-36(37)12-1)53-44(17-9-21-50(53)57-52)43-15-5-7-18-47(43)55(48-19-10-22-51-54(48)45-16-6-8-20-49(45)56-51)40-28-25-34(26-29-40)38-27-30-42-39(31-38)24-23-35-11-3-4-14-41(35)42/h1-2,4-10,12-22,24-33,35H,3,11,23H2. The molecule has 10 aromatic rings. The molecule has 0 saturated carbocycles. The van der Waals surface area contributed by atoms with Gasteiger partial charge in [0.25, 0.3) is 0 Å². The number of hydrogen-bond acceptors (Lipinski definition) is 3. The van der Waals surface area contributed by atoms with E-state index in [-0.39, 0.29) is 0 Å². The number of anilines is 3. The number of nitrogens with zero attached hydrogens (tertiary/aromatic N) is 1. The fourth-order valence-electron chi connectivity index (χ4n) is 9.58. The number of benzene rings is 8. The van der Waals surface area contributed by atoms with E-state index in [0.717, 1.165) is 78.5 Å². The van der Waals surface area contributed by atoms with Crippen molar-refractivity contribution >= 4 is 83.4 Å². The Morgan fingerprint density at radius 3 is 2.12 bits per heavy atom. The van der Waals surface area contributed by atoms with E-state index in [0.29, 0.717) is 5.92 Å². The third kappa shape index (κ3) is 5.12. The van der Waals surface area contributed by atoms with Crippen LogP contribution in [0.15, 0.2) is 185 Å². The van der Waals surface area contributed by atoms with Crippen LogP contribution in [0.25, 0.3) is 88.6 Å². The summed E-state index contributed by atoms with van der Waals surface area (Å²) in [6.07, 6.45) is 10.7. The predicted octanol–water partition coefficient (Wildman–Crippen LogP) is 13.7. The van der Waals surface area contributed by atoms with Gasteiger partial charge in [-0.15, -0.1) is 0 Å². The summed E-state index contributed by atoms with van der Waals surface area (Å²) in [6, 6.07) is 59.0. The molecule has 270 valence electrons. The molecule has 0 saturated heterocycles. The van der Waals surface area contributed by atoms with Crippen LogP contribution in [0, 0.1) is 5.92 Å². The molecule has 0 aliphatic heterocycles. The van der Waals surface area contributed by atoms with Crippen LogP contribution in [-0.4, -0.2) is 0 Å². The molecular formula is C54H37NO2. The Hall–Kier alpha value is -7.10. The Morgan fingerprint density at radius 1 is 0.509 bits per heavy atom. The Balaban J connectivity index is 1.06. The van der Waals surface area contributed by atoms with Gasteiger partial charge in [0.05, 0.1) is 16.8 Å². The second-order valence-electron chi connectivity index (χ2n) is 15.5. The molecule has 2 aliphatic rings. The molecule has 12 rings (SSSR count). The van der Waals surface area contributed by atoms with Crippen molar-refractivity contribution in [2.45, 2.75) is 19.3 Å². The van der Waals surface area contributed by atoms with E-state index in [1.165, 1.54) is 50.8 Å². The van der Waals surface area contributed by atoms with Crippen LogP contribution in [0.5, 0.6) is 0 Å². The summed E-state index contributed by atoms with van der Waals surface area (Å²) in [5.74, 6) is 0.650. The Kier molecular flexibility index (Phi) is 7.18. The normalized spacial score (nSPS) is 15.0. The van der Waals surface area contributed by atoms with Crippen molar-refractivity contribution in [3.05, 3.63) is 186 Å². The molecule has 2 aromatic heterocycles. The van der Waals surface area contributed by atoms with Gasteiger partial charge in [-0.25, -0.2) is 0 Å². The van der Waals surface area contributed by atoms with Gasteiger partial charge in [0.1, 0.15) is 22.3 Å². The van der Waals surface area contributed by atoms with Gasteiger partial charge >= 0.3 is 0 Å². The largest absolute Gasteiger partial charge is 0.456 e. The molecule has 1 unspecified atom stereocenters. The quantitative estimate of drug-likeness (QED) is 0.177. The summed E-state index contributed by atoms with van der Waals surface area (Å²) in [6.45, 7) is 0. The number of rotatable bonds is 5. The third-order valence-electron chi connectivity index (χ3n) is 12.3. The first-order valence-electron chi connectivity index (χ1n) is 20.0. The van der Waals surface area contributed by atoms with E-state index < -0.39 is 0 Å². The van der Waals surface area contributed by atoms with Crippen molar-refractivity contribution < 1.29 is 8.83 Å². The minimum absolute atomic E-state index is 0.650. The third-order valence-corrected chi connectivity index (χ3v) is 12.3. The maximum absolute atomic E-state index is 6.57.